The molecule has 1 aliphatic rings. The van der Waals surface area contributed by atoms with Crippen LogP contribution in [0.5, 0.6) is 0 Å². The van der Waals surface area contributed by atoms with Crippen LogP contribution in [0.4, 0.5) is 0 Å². The molecule has 0 aromatic heterocycles. The van der Waals surface area contributed by atoms with Crippen LogP contribution in [-0.2, 0) is 5.41 Å². The highest BCUT2D eigenvalue weighted by molar-refractivity contribution is 5.77. The number of aryl methyl sites for hydroxylation is 1. The standard InChI is InChI=1S/C18H18/c1-13-8-4-6-10-16(13)18(3)12-14(2)15-9-5-7-11-17(15)18/h4-12H,1-3H3. The molecular weight excluding hydrogens is 216 g/mol. The largest absolute Gasteiger partial charge is 0.0663 e. The van der Waals surface area contributed by atoms with Gasteiger partial charge < -0.3 is 0 Å². The van der Waals surface area contributed by atoms with E-state index < -0.39 is 0 Å². The minimum Gasteiger partial charge on any atom is -0.0663 e. The van der Waals surface area contributed by atoms with Crippen molar-refractivity contribution in [1.82, 2.24) is 0 Å². The van der Waals surface area contributed by atoms with Crippen LogP contribution in [0.2, 0.25) is 0 Å². The van der Waals surface area contributed by atoms with Gasteiger partial charge in [0.25, 0.3) is 0 Å². The zero-order valence-electron chi connectivity index (χ0n) is 11.2. The van der Waals surface area contributed by atoms with Crippen LogP contribution in [0.1, 0.15) is 36.1 Å². The molecule has 0 heterocycles. The van der Waals surface area contributed by atoms with E-state index in [1.807, 2.05) is 0 Å². The first-order valence-corrected chi connectivity index (χ1v) is 6.48. The molecular formula is C18H18. The van der Waals surface area contributed by atoms with Gasteiger partial charge in [0.15, 0.2) is 0 Å². The normalized spacial score (nSPS) is 21.6. The molecule has 0 N–H and O–H groups in total. The van der Waals surface area contributed by atoms with Gasteiger partial charge in [-0.05, 0) is 48.6 Å². The maximum absolute atomic E-state index is 2.40. The molecule has 1 atom stereocenters. The van der Waals surface area contributed by atoms with Crippen molar-refractivity contribution in [3.63, 3.8) is 0 Å². The zero-order valence-corrected chi connectivity index (χ0v) is 11.2. The Hall–Kier alpha value is -1.82. The first kappa shape index (κ1) is 11.3. The molecule has 0 saturated carbocycles. The fraction of sp³-hybridized carbons (Fsp3) is 0.222. The van der Waals surface area contributed by atoms with E-state index in [1.54, 1.807) is 0 Å². The van der Waals surface area contributed by atoms with E-state index in [2.05, 4.69) is 75.4 Å². The first-order valence-electron chi connectivity index (χ1n) is 6.48. The molecule has 0 bridgehead atoms. The summed E-state index contributed by atoms with van der Waals surface area (Å²) >= 11 is 0. The average molecular weight is 234 g/mol. The Balaban J connectivity index is 2.27. The summed E-state index contributed by atoms with van der Waals surface area (Å²) in [5, 5.41) is 0. The third-order valence-electron chi connectivity index (χ3n) is 4.12. The molecule has 0 spiro atoms. The number of allylic oxidation sites excluding steroid dienone is 2. The SMILES string of the molecule is CC1=CC(C)(c2ccccc2C)c2ccccc21. The number of benzene rings is 2. The molecule has 1 aliphatic carbocycles. The van der Waals surface area contributed by atoms with Crippen molar-refractivity contribution in [3.05, 3.63) is 76.9 Å². The van der Waals surface area contributed by atoms with E-state index in [1.165, 1.54) is 27.8 Å². The third-order valence-corrected chi connectivity index (χ3v) is 4.12. The first-order chi connectivity index (χ1) is 8.63. The van der Waals surface area contributed by atoms with Gasteiger partial charge in [-0.2, -0.15) is 0 Å². The fourth-order valence-electron chi connectivity index (χ4n) is 3.25. The summed E-state index contributed by atoms with van der Waals surface area (Å²) in [5.74, 6) is 0. The molecule has 90 valence electrons. The zero-order chi connectivity index (χ0) is 12.8. The molecule has 2 aromatic carbocycles. The van der Waals surface area contributed by atoms with Crippen LogP contribution in [-0.4, -0.2) is 0 Å². The van der Waals surface area contributed by atoms with Gasteiger partial charge in [0.2, 0.25) is 0 Å². The number of fused-ring (bicyclic) bond motifs is 1. The van der Waals surface area contributed by atoms with Gasteiger partial charge >= 0.3 is 0 Å². The highest BCUT2D eigenvalue weighted by Crippen LogP contribution is 2.45. The average Bonchev–Trinajstić information content (AvgIpc) is 2.64. The van der Waals surface area contributed by atoms with Gasteiger partial charge in [0.05, 0.1) is 0 Å². The van der Waals surface area contributed by atoms with Gasteiger partial charge in [0.1, 0.15) is 0 Å². The summed E-state index contributed by atoms with van der Waals surface area (Å²) < 4.78 is 0. The van der Waals surface area contributed by atoms with Gasteiger partial charge in [-0.25, -0.2) is 0 Å². The lowest BCUT2D eigenvalue weighted by atomic mass is 9.76. The monoisotopic (exact) mass is 234 g/mol. The van der Waals surface area contributed by atoms with Crippen molar-refractivity contribution in [1.29, 1.82) is 0 Å². The van der Waals surface area contributed by atoms with Crippen molar-refractivity contribution in [3.8, 4) is 0 Å². The minimum absolute atomic E-state index is 0.0199. The van der Waals surface area contributed by atoms with Crippen molar-refractivity contribution < 1.29 is 0 Å². The van der Waals surface area contributed by atoms with Gasteiger partial charge in [-0.15, -0.1) is 0 Å². The number of hydrogen-bond donors (Lipinski definition) is 0. The molecule has 3 rings (SSSR count). The van der Waals surface area contributed by atoms with E-state index in [-0.39, 0.29) is 5.41 Å². The molecule has 0 aliphatic heterocycles. The Morgan fingerprint density at radius 2 is 1.39 bits per heavy atom. The van der Waals surface area contributed by atoms with Crippen molar-refractivity contribution in [2.75, 3.05) is 0 Å². The van der Waals surface area contributed by atoms with Crippen LogP contribution >= 0.6 is 0 Å². The molecule has 0 saturated heterocycles. The Morgan fingerprint density at radius 3 is 2.11 bits per heavy atom. The van der Waals surface area contributed by atoms with E-state index in [4.69, 9.17) is 0 Å². The number of hydrogen-bond acceptors (Lipinski definition) is 0. The van der Waals surface area contributed by atoms with Gasteiger partial charge in [0, 0.05) is 5.41 Å². The van der Waals surface area contributed by atoms with E-state index >= 15 is 0 Å². The topological polar surface area (TPSA) is 0 Å². The Kier molecular flexibility index (Phi) is 2.41. The quantitative estimate of drug-likeness (QED) is 0.670. The lowest BCUT2D eigenvalue weighted by Crippen LogP contribution is -2.20. The van der Waals surface area contributed by atoms with Crippen LogP contribution in [0.15, 0.2) is 54.6 Å². The molecule has 1 unspecified atom stereocenters. The van der Waals surface area contributed by atoms with E-state index in [0.29, 0.717) is 0 Å². The van der Waals surface area contributed by atoms with Crippen molar-refractivity contribution in [2.24, 2.45) is 0 Å². The molecule has 0 radical (unpaired) electrons. The van der Waals surface area contributed by atoms with Crippen molar-refractivity contribution in [2.45, 2.75) is 26.2 Å². The Morgan fingerprint density at radius 1 is 0.778 bits per heavy atom. The summed E-state index contributed by atoms with van der Waals surface area (Å²) in [7, 11) is 0. The second kappa shape index (κ2) is 3.84. The van der Waals surface area contributed by atoms with Crippen molar-refractivity contribution >= 4 is 5.57 Å². The molecule has 2 aromatic rings. The summed E-state index contributed by atoms with van der Waals surface area (Å²) in [6, 6.07) is 17.4. The molecule has 0 nitrogen and oxygen atoms in total. The highest BCUT2D eigenvalue weighted by Gasteiger charge is 2.34. The fourth-order valence-corrected chi connectivity index (χ4v) is 3.25. The lowest BCUT2D eigenvalue weighted by Gasteiger charge is -2.26. The second-order valence-electron chi connectivity index (χ2n) is 5.39. The highest BCUT2D eigenvalue weighted by atomic mass is 14.4. The van der Waals surface area contributed by atoms with Crippen LogP contribution in [0, 0.1) is 6.92 Å². The number of rotatable bonds is 1. The van der Waals surface area contributed by atoms with Gasteiger partial charge in [-0.3, -0.25) is 0 Å². The summed E-state index contributed by atoms with van der Waals surface area (Å²) in [6.07, 6.45) is 2.40. The Bertz CT molecular complexity index is 634. The molecule has 0 amide bonds. The third kappa shape index (κ3) is 1.45. The van der Waals surface area contributed by atoms with Crippen LogP contribution in [0.3, 0.4) is 0 Å². The van der Waals surface area contributed by atoms with E-state index in [9.17, 15) is 0 Å². The lowest BCUT2D eigenvalue weighted by molar-refractivity contribution is 0.731. The molecule has 0 heteroatoms. The second-order valence-corrected chi connectivity index (χ2v) is 5.39. The smallest absolute Gasteiger partial charge is 0.0368 e. The van der Waals surface area contributed by atoms with Gasteiger partial charge in [-0.1, -0.05) is 54.6 Å². The Labute approximate surface area is 109 Å². The minimum atomic E-state index is 0.0199. The summed E-state index contributed by atoms with van der Waals surface area (Å²) in [6.45, 7) is 6.73. The molecule has 18 heavy (non-hydrogen) atoms. The van der Waals surface area contributed by atoms with E-state index in [0.717, 1.165) is 0 Å². The molecule has 0 fully saturated rings. The summed E-state index contributed by atoms with van der Waals surface area (Å²) in [4.78, 5) is 0. The maximum Gasteiger partial charge on any atom is 0.0368 e. The summed E-state index contributed by atoms with van der Waals surface area (Å²) in [5.41, 5.74) is 7.00. The predicted octanol–water partition coefficient (Wildman–Crippen LogP) is 4.72. The predicted molar refractivity (Wildman–Crippen MR) is 77.7 cm³/mol. The maximum atomic E-state index is 2.40. The van der Waals surface area contributed by atoms with Crippen LogP contribution in [0.25, 0.3) is 5.57 Å². The van der Waals surface area contributed by atoms with Crippen LogP contribution < -0.4 is 0 Å².